The second-order valence-corrected chi connectivity index (χ2v) is 10.6. The molecule has 0 saturated heterocycles. The molecule has 1 N–H and O–H groups in total. The van der Waals surface area contributed by atoms with Crippen molar-refractivity contribution in [3.63, 3.8) is 0 Å². The normalized spacial score (nSPS) is 15.2. The molecule has 2 aromatic carbocycles. The van der Waals surface area contributed by atoms with Crippen molar-refractivity contribution >= 4 is 23.4 Å². The second-order valence-electron chi connectivity index (χ2n) is 9.58. The number of nitrogens with zero attached hydrogens (tertiary/aromatic N) is 2. The minimum atomic E-state index is -0.668. The molecular formula is C31H34N2O5S. The number of esters is 1. The van der Waals surface area contributed by atoms with Gasteiger partial charge < -0.3 is 14.6 Å². The molecule has 7 nitrogen and oxygen atoms in total. The molecule has 1 atom stereocenters. The van der Waals surface area contributed by atoms with Crippen molar-refractivity contribution in [3.05, 3.63) is 102 Å². The molecular weight excluding hydrogens is 512 g/mol. The number of rotatable bonds is 9. The first-order valence-corrected chi connectivity index (χ1v) is 13.9. The minimum absolute atomic E-state index is 0.0647. The predicted octanol–water partition coefficient (Wildman–Crippen LogP) is 4.75. The Labute approximate surface area is 232 Å². The Balaban J connectivity index is 1.93. The van der Waals surface area contributed by atoms with Crippen LogP contribution in [0.5, 0.6) is 11.5 Å². The minimum Gasteiger partial charge on any atom is -0.504 e. The number of fused-ring (bicyclic) bond motifs is 1. The molecule has 0 unspecified atom stereocenters. The first kappa shape index (κ1) is 28.1. The van der Waals surface area contributed by atoms with Crippen LogP contribution in [0.1, 0.15) is 68.8 Å². The summed E-state index contributed by atoms with van der Waals surface area (Å²) in [5.74, 6) is 0.273. The first-order valence-electron chi connectivity index (χ1n) is 13.1. The Hall–Kier alpha value is -3.91. The van der Waals surface area contributed by atoms with Crippen molar-refractivity contribution in [1.29, 1.82) is 0 Å². The zero-order chi connectivity index (χ0) is 28.3. The highest BCUT2D eigenvalue weighted by Gasteiger charge is 2.33. The molecule has 204 valence electrons. The number of phenols is 1. The SMILES string of the molecule is C=CCc1cc(/C=c2/sc3n(c2=O)[C@H](c2ccc(C(C)C)cc2)C(C(=O)OCC)=C(C)N=3)cc(OCC)c1O. The highest BCUT2D eigenvalue weighted by molar-refractivity contribution is 7.07. The maximum atomic E-state index is 13.9. The summed E-state index contributed by atoms with van der Waals surface area (Å²) in [6, 6.07) is 10.8. The van der Waals surface area contributed by atoms with E-state index >= 15 is 0 Å². The fraction of sp³-hybridized carbons (Fsp3) is 0.323. The molecule has 3 aromatic rings. The molecule has 0 fully saturated rings. The maximum Gasteiger partial charge on any atom is 0.338 e. The summed E-state index contributed by atoms with van der Waals surface area (Å²) in [5.41, 5.74) is 3.94. The van der Waals surface area contributed by atoms with E-state index in [1.54, 1.807) is 36.6 Å². The predicted molar refractivity (Wildman–Crippen MR) is 154 cm³/mol. The summed E-state index contributed by atoms with van der Waals surface area (Å²) in [5, 5.41) is 10.6. The molecule has 1 aliphatic rings. The van der Waals surface area contributed by atoms with Gasteiger partial charge in [0.05, 0.1) is 35.1 Å². The Morgan fingerprint density at radius 2 is 1.92 bits per heavy atom. The Bertz CT molecular complexity index is 1610. The van der Waals surface area contributed by atoms with E-state index in [-0.39, 0.29) is 17.9 Å². The van der Waals surface area contributed by atoms with E-state index in [0.29, 0.717) is 56.4 Å². The number of thiazole rings is 1. The van der Waals surface area contributed by atoms with E-state index in [1.165, 1.54) is 11.3 Å². The van der Waals surface area contributed by atoms with E-state index in [4.69, 9.17) is 9.47 Å². The van der Waals surface area contributed by atoms with E-state index in [0.717, 1.165) is 11.1 Å². The molecule has 0 spiro atoms. The summed E-state index contributed by atoms with van der Waals surface area (Å²) < 4.78 is 13.0. The monoisotopic (exact) mass is 546 g/mol. The average Bonchev–Trinajstić information content (AvgIpc) is 3.20. The molecule has 39 heavy (non-hydrogen) atoms. The Morgan fingerprint density at radius 1 is 1.21 bits per heavy atom. The molecule has 0 amide bonds. The highest BCUT2D eigenvalue weighted by Crippen LogP contribution is 2.33. The van der Waals surface area contributed by atoms with Gasteiger partial charge in [0.1, 0.15) is 0 Å². The van der Waals surface area contributed by atoms with Crippen molar-refractivity contribution < 1.29 is 19.4 Å². The number of carbonyl (C=O) groups is 1. The third kappa shape index (κ3) is 5.61. The molecule has 0 saturated carbocycles. The Morgan fingerprint density at radius 3 is 2.54 bits per heavy atom. The summed E-state index contributed by atoms with van der Waals surface area (Å²) in [7, 11) is 0. The number of hydrogen-bond acceptors (Lipinski definition) is 7. The lowest BCUT2D eigenvalue weighted by Gasteiger charge is -2.25. The van der Waals surface area contributed by atoms with Crippen LogP contribution in [0, 0.1) is 0 Å². The van der Waals surface area contributed by atoms with Gasteiger partial charge in [-0.3, -0.25) is 9.36 Å². The summed E-state index contributed by atoms with van der Waals surface area (Å²) in [6.45, 7) is 14.0. The lowest BCUT2D eigenvalue weighted by Crippen LogP contribution is -2.39. The van der Waals surface area contributed by atoms with Gasteiger partial charge in [-0.2, -0.15) is 0 Å². The average molecular weight is 547 g/mol. The van der Waals surface area contributed by atoms with Gasteiger partial charge in [0.2, 0.25) is 0 Å². The maximum absolute atomic E-state index is 13.9. The molecule has 2 heterocycles. The Kier molecular flexibility index (Phi) is 8.55. The van der Waals surface area contributed by atoms with Crippen LogP contribution in [0.3, 0.4) is 0 Å². The van der Waals surface area contributed by atoms with Crippen LogP contribution < -0.4 is 19.6 Å². The van der Waals surface area contributed by atoms with Gasteiger partial charge in [-0.1, -0.05) is 55.5 Å². The second kappa shape index (κ2) is 11.9. The van der Waals surface area contributed by atoms with Crippen LogP contribution in [-0.4, -0.2) is 28.9 Å². The number of ether oxygens (including phenoxy) is 2. The van der Waals surface area contributed by atoms with Gasteiger partial charge in [-0.25, -0.2) is 9.79 Å². The van der Waals surface area contributed by atoms with Gasteiger partial charge in [0.15, 0.2) is 16.3 Å². The lowest BCUT2D eigenvalue weighted by atomic mass is 9.93. The van der Waals surface area contributed by atoms with Crippen molar-refractivity contribution in [2.45, 2.75) is 53.0 Å². The third-order valence-corrected chi connectivity index (χ3v) is 7.56. The zero-order valence-electron chi connectivity index (χ0n) is 23.0. The van der Waals surface area contributed by atoms with Crippen molar-refractivity contribution in [1.82, 2.24) is 4.57 Å². The number of allylic oxidation sites excluding steroid dienone is 2. The molecule has 1 aliphatic heterocycles. The van der Waals surface area contributed by atoms with Gasteiger partial charge >= 0.3 is 5.97 Å². The first-order chi connectivity index (χ1) is 18.7. The highest BCUT2D eigenvalue weighted by atomic mass is 32.1. The van der Waals surface area contributed by atoms with Gasteiger partial charge in [-0.05, 0) is 68.0 Å². The number of aromatic hydroxyl groups is 1. The quantitative estimate of drug-likeness (QED) is 0.309. The van der Waals surface area contributed by atoms with E-state index in [1.807, 2.05) is 37.3 Å². The largest absolute Gasteiger partial charge is 0.504 e. The van der Waals surface area contributed by atoms with Crippen molar-refractivity contribution in [3.8, 4) is 11.5 Å². The van der Waals surface area contributed by atoms with E-state index in [2.05, 4.69) is 25.4 Å². The van der Waals surface area contributed by atoms with Crippen LogP contribution in [0.4, 0.5) is 0 Å². The fourth-order valence-corrected chi connectivity index (χ4v) is 5.72. The van der Waals surface area contributed by atoms with Gasteiger partial charge in [0, 0.05) is 5.56 Å². The number of benzene rings is 2. The standard InChI is InChI=1S/C31H34N2O5S/c1-7-10-23-15-20(16-24(28(23)34)37-8-2)17-25-29(35)33-27(22-13-11-21(12-14-22)18(4)5)26(30(36)38-9-3)19(6)32-31(33)39-25/h7,11-18,27,34H,1,8-10H2,2-6H3/b25-17+/t27-/m1/s1. The van der Waals surface area contributed by atoms with Crippen LogP contribution in [0.15, 0.2) is 70.1 Å². The molecule has 0 bridgehead atoms. The van der Waals surface area contributed by atoms with Crippen LogP contribution in [0.25, 0.3) is 6.08 Å². The van der Waals surface area contributed by atoms with Crippen molar-refractivity contribution in [2.75, 3.05) is 13.2 Å². The summed E-state index contributed by atoms with van der Waals surface area (Å²) >= 11 is 1.26. The summed E-state index contributed by atoms with van der Waals surface area (Å²) in [4.78, 5) is 32.2. The zero-order valence-corrected chi connectivity index (χ0v) is 23.8. The van der Waals surface area contributed by atoms with E-state index in [9.17, 15) is 14.7 Å². The molecule has 0 aliphatic carbocycles. The molecule has 1 aromatic heterocycles. The van der Waals surface area contributed by atoms with Crippen molar-refractivity contribution in [2.24, 2.45) is 4.99 Å². The number of phenolic OH excluding ortho intramolecular Hbond substituents is 1. The van der Waals surface area contributed by atoms with Crippen LogP contribution in [0.2, 0.25) is 0 Å². The molecule has 4 rings (SSSR count). The fourth-order valence-electron chi connectivity index (χ4n) is 4.67. The topological polar surface area (TPSA) is 90.1 Å². The number of carbonyl (C=O) groups excluding carboxylic acids is 1. The van der Waals surface area contributed by atoms with E-state index < -0.39 is 12.0 Å². The van der Waals surface area contributed by atoms with Gasteiger partial charge in [0.25, 0.3) is 5.56 Å². The smallest absolute Gasteiger partial charge is 0.338 e. The third-order valence-electron chi connectivity index (χ3n) is 6.57. The van der Waals surface area contributed by atoms with Crippen LogP contribution in [-0.2, 0) is 16.0 Å². The van der Waals surface area contributed by atoms with Gasteiger partial charge in [-0.15, -0.1) is 6.58 Å². The molecule has 8 heteroatoms. The lowest BCUT2D eigenvalue weighted by molar-refractivity contribution is -0.139. The summed E-state index contributed by atoms with van der Waals surface area (Å²) in [6.07, 6.45) is 3.91. The molecule has 0 radical (unpaired) electrons. The number of hydrogen-bond donors (Lipinski definition) is 1. The van der Waals surface area contributed by atoms with Crippen LogP contribution >= 0.6 is 11.3 Å². The number of aromatic nitrogens is 1.